The quantitative estimate of drug-likeness (QED) is 0.419. The maximum atomic E-state index is 14.1. The summed E-state index contributed by atoms with van der Waals surface area (Å²) in [6.45, 7) is 4.53. The van der Waals surface area contributed by atoms with Crippen molar-refractivity contribution in [2.75, 3.05) is 32.1 Å². The van der Waals surface area contributed by atoms with Gasteiger partial charge in [0, 0.05) is 6.54 Å². The molecule has 180 valence electrons. The summed E-state index contributed by atoms with van der Waals surface area (Å²) in [5.74, 6) is -0.574. The van der Waals surface area contributed by atoms with Crippen LogP contribution in [0.25, 0.3) is 10.2 Å². The number of carbonyl (C=O) groups excluding carboxylic acids is 1. The average molecular weight is 514 g/mol. The normalized spacial score (nSPS) is 11.7. The number of hydrogen-bond donors (Lipinski definition) is 0. The number of hydrogen-bond acceptors (Lipinski definition) is 6. The zero-order chi connectivity index (χ0) is 23.5. The average Bonchev–Trinajstić information content (AvgIpc) is 3.16. The van der Waals surface area contributed by atoms with Crippen molar-refractivity contribution in [1.29, 1.82) is 0 Å². The van der Waals surface area contributed by atoms with Crippen LogP contribution in [0.4, 0.5) is 9.52 Å². The highest BCUT2D eigenvalue weighted by Crippen LogP contribution is 2.31. The third kappa shape index (κ3) is 6.50. The fourth-order valence-corrected chi connectivity index (χ4v) is 5.31. The first-order valence-electron chi connectivity index (χ1n) is 10.4. The van der Waals surface area contributed by atoms with Gasteiger partial charge in [-0.25, -0.2) is 17.8 Å². The van der Waals surface area contributed by atoms with E-state index in [2.05, 4.69) is 4.98 Å². The molecule has 0 saturated carbocycles. The number of halogens is 2. The molecule has 0 radical (unpaired) electrons. The van der Waals surface area contributed by atoms with E-state index in [0.717, 1.165) is 13.0 Å². The molecule has 10 heteroatoms. The zero-order valence-corrected chi connectivity index (χ0v) is 21.6. The van der Waals surface area contributed by atoms with E-state index in [-0.39, 0.29) is 35.1 Å². The van der Waals surface area contributed by atoms with Crippen LogP contribution >= 0.6 is 23.7 Å². The molecule has 3 aromatic rings. The van der Waals surface area contributed by atoms with E-state index in [0.29, 0.717) is 21.9 Å². The number of carbonyl (C=O) groups is 1. The first kappa shape index (κ1) is 27.2. The number of rotatable bonds is 9. The van der Waals surface area contributed by atoms with E-state index in [1.165, 1.54) is 17.4 Å². The highest BCUT2D eigenvalue weighted by atomic mass is 35.5. The molecule has 0 fully saturated rings. The number of nitrogens with zero attached hydrogens (tertiary/aromatic N) is 3. The molecule has 3 rings (SSSR count). The van der Waals surface area contributed by atoms with E-state index < -0.39 is 20.9 Å². The molecule has 0 N–H and O–H groups in total. The Morgan fingerprint density at radius 3 is 2.33 bits per heavy atom. The highest BCUT2D eigenvalue weighted by Gasteiger charge is 2.22. The van der Waals surface area contributed by atoms with Crippen molar-refractivity contribution in [1.82, 2.24) is 9.88 Å². The van der Waals surface area contributed by atoms with Crippen molar-refractivity contribution in [2.24, 2.45) is 0 Å². The maximum absolute atomic E-state index is 14.1. The fraction of sp³-hybridized carbons (Fsp3) is 0.391. The summed E-state index contributed by atoms with van der Waals surface area (Å²) < 4.78 is 39.5. The van der Waals surface area contributed by atoms with Crippen molar-refractivity contribution >= 4 is 54.8 Å². The Hall–Kier alpha value is -2.07. The summed E-state index contributed by atoms with van der Waals surface area (Å²) in [5, 5.41) is -0.0468. The van der Waals surface area contributed by atoms with Crippen molar-refractivity contribution in [3.63, 3.8) is 0 Å². The van der Waals surface area contributed by atoms with Gasteiger partial charge in [-0.15, -0.1) is 12.4 Å². The van der Waals surface area contributed by atoms with Crippen LogP contribution < -0.4 is 4.90 Å². The monoisotopic (exact) mass is 513 g/mol. The smallest absolute Gasteiger partial charge is 0.233 e. The SMILES string of the molecule is CC(C)S(=O)(=O)c1ccc(CC(=O)N(CCCN(C)C)c2nc3c(F)cccc3s2)cc1.Cl. The second-order valence-corrected chi connectivity index (χ2v) is 11.7. The third-order valence-electron chi connectivity index (χ3n) is 5.11. The van der Waals surface area contributed by atoms with Gasteiger partial charge in [0.2, 0.25) is 5.91 Å². The molecule has 0 bridgehead atoms. The van der Waals surface area contributed by atoms with Gasteiger partial charge in [0.15, 0.2) is 15.0 Å². The Labute approximate surface area is 204 Å². The molecule has 33 heavy (non-hydrogen) atoms. The number of thiazole rings is 1. The van der Waals surface area contributed by atoms with Crippen LogP contribution in [0.1, 0.15) is 25.8 Å². The van der Waals surface area contributed by atoms with Gasteiger partial charge in [-0.1, -0.05) is 29.5 Å². The number of amides is 1. The topological polar surface area (TPSA) is 70.6 Å². The van der Waals surface area contributed by atoms with Gasteiger partial charge >= 0.3 is 0 Å². The van der Waals surface area contributed by atoms with Crippen molar-refractivity contribution in [3.05, 3.63) is 53.8 Å². The van der Waals surface area contributed by atoms with Gasteiger partial charge < -0.3 is 4.90 Å². The predicted molar refractivity (Wildman–Crippen MR) is 135 cm³/mol. The number of anilines is 1. The van der Waals surface area contributed by atoms with Crippen LogP contribution in [0.2, 0.25) is 0 Å². The molecule has 1 heterocycles. The minimum absolute atomic E-state index is 0. The largest absolute Gasteiger partial charge is 0.309 e. The summed E-state index contributed by atoms with van der Waals surface area (Å²) in [6, 6.07) is 11.2. The molecule has 0 saturated heterocycles. The lowest BCUT2D eigenvalue weighted by atomic mass is 10.1. The molecule has 0 unspecified atom stereocenters. The minimum atomic E-state index is -3.36. The highest BCUT2D eigenvalue weighted by molar-refractivity contribution is 7.92. The van der Waals surface area contributed by atoms with Crippen molar-refractivity contribution in [2.45, 2.75) is 36.8 Å². The molecule has 0 aliphatic heterocycles. The summed E-state index contributed by atoms with van der Waals surface area (Å²) in [4.78, 5) is 21.5. The first-order chi connectivity index (χ1) is 15.1. The Morgan fingerprint density at radius 2 is 1.76 bits per heavy atom. The van der Waals surface area contributed by atoms with Crippen molar-refractivity contribution in [3.8, 4) is 0 Å². The molecular formula is C23H29ClFN3O3S2. The lowest BCUT2D eigenvalue weighted by Crippen LogP contribution is -2.34. The van der Waals surface area contributed by atoms with Gasteiger partial charge in [0.1, 0.15) is 11.3 Å². The molecule has 0 aliphatic rings. The molecule has 1 amide bonds. The van der Waals surface area contributed by atoms with Gasteiger partial charge in [-0.2, -0.15) is 0 Å². The standard InChI is InChI=1S/C23H28FN3O3S2.ClH/c1-16(2)32(29,30)18-11-9-17(10-12-18)15-21(28)27(14-6-13-26(3)4)23-25-22-19(24)7-5-8-20(22)31-23;/h5,7-12,16H,6,13-15H2,1-4H3;1H. The molecular weight excluding hydrogens is 485 g/mol. The van der Waals surface area contributed by atoms with Gasteiger partial charge in [0.05, 0.1) is 21.3 Å². The van der Waals surface area contributed by atoms with E-state index in [4.69, 9.17) is 0 Å². The molecule has 0 aliphatic carbocycles. The Morgan fingerprint density at radius 1 is 1.09 bits per heavy atom. The third-order valence-corrected chi connectivity index (χ3v) is 8.32. The number of aromatic nitrogens is 1. The number of fused-ring (bicyclic) bond motifs is 1. The van der Waals surface area contributed by atoms with Crippen LogP contribution in [0.5, 0.6) is 0 Å². The predicted octanol–water partition coefficient (Wildman–Crippen LogP) is 4.57. The van der Waals surface area contributed by atoms with Crippen LogP contribution in [-0.2, 0) is 21.1 Å². The minimum Gasteiger partial charge on any atom is -0.309 e. The number of sulfone groups is 1. The molecule has 0 atom stereocenters. The lowest BCUT2D eigenvalue weighted by molar-refractivity contribution is -0.118. The zero-order valence-electron chi connectivity index (χ0n) is 19.1. The second kappa shape index (κ2) is 11.4. The van der Waals surface area contributed by atoms with E-state index in [1.807, 2.05) is 19.0 Å². The van der Waals surface area contributed by atoms with E-state index in [9.17, 15) is 17.6 Å². The van der Waals surface area contributed by atoms with Crippen LogP contribution in [-0.4, -0.2) is 56.6 Å². The van der Waals surface area contributed by atoms with Crippen molar-refractivity contribution < 1.29 is 17.6 Å². The molecule has 1 aromatic heterocycles. The number of benzene rings is 2. The molecule has 6 nitrogen and oxygen atoms in total. The second-order valence-electron chi connectivity index (χ2n) is 8.20. The lowest BCUT2D eigenvalue weighted by Gasteiger charge is -2.21. The summed E-state index contributed by atoms with van der Waals surface area (Å²) in [6.07, 6.45) is 0.838. The fourth-order valence-electron chi connectivity index (χ4n) is 3.23. The summed E-state index contributed by atoms with van der Waals surface area (Å²) in [5.41, 5.74) is 0.976. The Balaban J connectivity index is 0.00000385. The van der Waals surface area contributed by atoms with Gasteiger partial charge in [0.25, 0.3) is 0 Å². The molecule has 0 spiro atoms. The maximum Gasteiger partial charge on any atom is 0.233 e. The summed E-state index contributed by atoms with van der Waals surface area (Å²) >= 11 is 1.29. The summed E-state index contributed by atoms with van der Waals surface area (Å²) in [7, 11) is 0.564. The van der Waals surface area contributed by atoms with Crippen LogP contribution in [0.3, 0.4) is 0 Å². The van der Waals surface area contributed by atoms with E-state index in [1.54, 1.807) is 55.1 Å². The number of para-hydroxylation sites is 1. The van der Waals surface area contributed by atoms with Crippen LogP contribution in [0.15, 0.2) is 47.4 Å². The van der Waals surface area contributed by atoms with Gasteiger partial charge in [-0.3, -0.25) is 9.69 Å². The Kier molecular flexibility index (Phi) is 9.37. The first-order valence-corrected chi connectivity index (χ1v) is 12.8. The van der Waals surface area contributed by atoms with Gasteiger partial charge in [-0.05, 0) is 70.7 Å². The Bertz CT molecular complexity index is 1200. The van der Waals surface area contributed by atoms with Crippen LogP contribution in [0, 0.1) is 5.82 Å². The molecule has 2 aromatic carbocycles. The van der Waals surface area contributed by atoms with E-state index >= 15 is 0 Å².